The van der Waals surface area contributed by atoms with Crippen LogP contribution in [0.3, 0.4) is 0 Å². The summed E-state index contributed by atoms with van der Waals surface area (Å²) < 4.78 is 5.23. The number of carbonyl (C=O) groups is 2. The fourth-order valence-corrected chi connectivity index (χ4v) is 1.83. The predicted octanol–water partition coefficient (Wildman–Crippen LogP) is 1.05. The van der Waals surface area contributed by atoms with E-state index in [1.165, 1.54) is 6.42 Å². The minimum Gasteiger partial charge on any atom is -0.481 e. The van der Waals surface area contributed by atoms with Gasteiger partial charge in [0.2, 0.25) is 0 Å². The molecular formula is C11H19NO4. The summed E-state index contributed by atoms with van der Waals surface area (Å²) in [5.41, 5.74) is 5.54. The van der Waals surface area contributed by atoms with Crippen LogP contribution >= 0.6 is 0 Å². The van der Waals surface area contributed by atoms with Crippen molar-refractivity contribution in [3.05, 3.63) is 0 Å². The van der Waals surface area contributed by atoms with E-state index in [1.807, 2.05) is 0 Å². The molecule has 1 rings (SSSR count). The van der Waals surface area contributed by atoms with E-state index in [2.05, 4.69) is 0 Å². The Hall–Kier alpha value is -1.10. The first-order chi connectivity index (χ1) is 7.59. The molecule has 16 heavy (non-hydrogen) atoms. The molecule has 1 aliphatic rings. The van der Waals surface area contributed by atoms with Gasteiger partial charge in [0, 0.05) is 6.42 Å². The second-order valence-corrected chi connectivity index (χ2v) is 4.24. The van der Waals surface area contributed by atoms with Crippen LogP contribution in [-0.4, -0.2) is 29.2 Å². The molecule has 3 N–H and O–H groups in total. The maximum Gasteiger partial charge on any atom is 0.323 e. The highest BCUT2D eigenvalue weighted by Gasteiger charge is 2.22. The minimum absolute atomic E-state index is 0.0165. The summed E-state index contributed by atoms with van der Waals surface area (Å²) in [5.74, 6) is -1.41. The third-order valence-electron chi connectivity index (χ3n) is 2.81. The minimum atomic E-state index is -0.944. The maximum absolute atomic E-state index is 11.5. The maximum atomic E-state index is 11.5. The van der Waals surface area contributed by atoms with Gasteiger partial charge in [-0.2, -0.15) is 0 Å². The topological polar surface area (TPSA) is 89.6 Å². The fourth-order valence-electron chi connectivity index (χ4n) is 1.83. The highest BCUT2D eigenvalue weighted by atomic mass is 16.5. The highest BCUT2D eigenvalue weighted by Crippen LogP contribution is 2.20. The van der Waals surface area contributed by atoms with Crippen molar-refractivity contribution in [2.45, 2.75) is 57.1 Å². The monoisotopic (exact) mass is 229 g/mol. The molecule has 0 radical (unpaired) electrons. The number of hydrogen-bond donors (Lipinski definition) is 2. The quantitative estimate of drug-likeness (QED) is 0.688. The Bertz CT molecular complexity index is 248. The Labute approximate surface area is 95.0 Å². The molecule has 0 bridgehead atoms. The van der Waals surface area contributed by atoms with Crippen LogP contribution in [0.2, 0.25) is 0 Å². The smallest absolute Gasteiger partial charge is 0.323 e. The van der Waals surface area contributed by atoms with Gasteiger partial charge in [-0.25, -0.2) is 0 Å². The number of carbonyl (C=O) groups excluding carboxylic acids is 1. The van der Waals surface area contributed by atoms with E-state index in [1.54, 1.807) is 0 Å². The zero-order chi connectivity index (χ0) is 12.0. The molecule has 1 saturated carbocycles. The highest BCUT2D eigenvalue weighted by molar-refractivity contribution is 5.76. The van der Waals surface area contributed by atoms with Gasteiger partial charge in [-0.3, -0.25) is 9.59 Å². The summed E-state index contributed by atoms with van der Waals surface area (Å²) in [6, 6.07) is -0.807. The van der Waals surface area contributed by atoms with Crippen molar-refractivity contribution in [1.29, 1.82) is 0 Å². The van der Waals surface area contributed by atoms with E-state index >= 15 is 0 Å². The number of nitrogens with two attached hydrogens (primary N) is 1. The van der Waals surface area contributed by atoms with Gasteiger partial charge in [0.15, 0.2) is 0 Å². The first-order valence-corrected chi connectivity index (χ1v) is 5.77. The van der Waals surface area contributed by atoms with Crippen LogP contribution in [0, 0.1) is 0 Å². The number of esters is 1. The van der Waals surface area contributed by atoms with Crippen molar-refractivity contribution in [2.75, 3.05) is 0 Å². The Morgan fingerprint density at radius 1 is 1.31 bits per heavy atom. The predicted molar refractivity (Wildman–Crippen MR) is 57.8 cm³/mol. The molecule has 5 nitrogen and oxygen atoms in total. The Morgan fingerprint density at radius 2 is 1.94 bits per heavy atom. The van der Waals surface area contributed by atoms with Crippen LogP contribution in [0.25, 0.3) is 0 Å². The van der Waals surface area contributed by atoms with Gasteiger partial charge in [-0.05, 0) is 32.1 Å². The summed E-state index contributed by atoms with van der Waals surface area (Å²) in [5, 5.41) is 8.46. The first-order valence-electron chi connectivity index (χ1n) is 5.77. The molecule has 0 spiro atoms. The average molecular weight is 229 g/mol. The van der Waals surface area contributed by atoms with E-state index in [4.69, 9.17) is 15.6 Å². The zero-order valence-electron chi connectivity index (χ0n) is 9.35. The Kier molecular flexibility index (Phi) is 5.25. The van der Waals surface area contributed by atoms with Crippen LogP contribution in [-0.2, 0) is 14.3 Å². The van der Waals surface area contributed by atoms with E-state index in [0.717, 1.165) is 25.7 Å². The number of hydrogen-bond acceptors (Lipinski definition) is 4. The Balaban J connectivity index is 2.24. The first kappa shape index (κ1) is 13.0. The molecule has 0 aromatic rings. The average Bonchev–Trinajstić information content (AvgIpc) is 2.27. The van der Waals surface area contributed by atoms with Gasteiger partial charge in [0.25, 0.3) is 0 Å². The number of ether oxygens (including phenoxy) is 1. The van der Waals surface area contributed by atoms with Crippen molar-refractivity contribution < 1.29 is 19.4 Å². The lowest BCUT2D eigenvalue weighted by atomic mass is 9.98. The van der Waals surface area contributed by atoms with E-state index in [-0.39, 0.29) is 18.9 Å². The lowest BCUT2D eigenvalue weighted by molar-refractivity contribution is -0.152. The summed E-state index contributed by atoms with van der Waals surface area (Å²) in [6.07, 6.45) is 5.19. The van der Waals surface area contributed by atoms with Gasteiger partial charge in [0.1, 0.15) is 12.1 Å². The second kappa shape index (κ2) is 6.48. The lowest BCUT2D eigenvalue weighted by Crippen LogP contribution is -2.36. The molecule has 0 aromatic heterocycles. The molecule has 0 aliphatic heterocycles. The van der Waals surface area contributed by atoms with Crippen molar-refractivity contribution >= 4 is 11.9 Å². The molecule has 0 heterocycles. The van der Waals surface area contributed by atoms with E-state index in [9.17, 15) is 9.59 Å². The molecule has 92 valence electrons. The normalized spacial score (nSPS) is 19.1. The van der Waals surface area contributed by atoms with Crippen molar-refractivity contribution in [3.63, 3.8) is 0 Å². The van der Waals surface area contributed by atoms with E-state index < -0.39 is 18.0 Å². The Morgan fingerprint density at radius 3 is 2.50 bits per heavy atom. The van der Waals surface area contributed by atoms with Gasteiger partial charge in [-0.1, -0.05) is 6.42 Å². The van der Waals surface area contributed by atoms with Gasteiger partial charge < -0.3 is 15.6 Å². The van der Waals surface area contributed by atoms with Crippen LogP contribution < -0.4 is 5.73 Å². The molecule has 1 atom stereocenters. The van der Waals surface area contributed by atoms with Crippen LogP contribution in [0.1, 0.15) is 44.9 Å². The number of carboxylic acids is 1. The lowest BCUT2D eigenvalue weighted by Gasteiger charge is -2.23. The van der Waals surface area contributed by atoms with Gasteiger partial charge in [0.05, 0.1) is 0 Å². The van der Waals surface area contributed by atoms with Crippen LogP contribution in [0.5, 0.6) is 0 Å². The molecular weight excluding hydrogens is 210 g/mol. The third kappa shape index (κ3) is 4.61. The molecule has 0 amide bonds. The number of aliphatic carboxylic acids is 1. The van der Waals surface area contributed by atoms with Crippen LogP contribution in [0.4, 0.5) is 0 Å². The third-order valence-corrected chi connectivity index (χ3v) is 2.81. The van der Waals surface area contributed by atoms with Crippen molar-refractivity contribution in [2.24, 2.45) is 5.73 Å². The van der Waals surface area contributed by atoms with Gasteiger partial charge in [-0.15, -0.1) is 0 Å². The largest absolute Gasteiger partial charge is 0.481 e. The standard InChI is InChI=1S/C11H19NO4/c12-9(6-7-10(13)14)11(15)16-8-4-2-1-3-5-8/h8-9H,1-7,12H2,(H,13,14)/t9-/m0/s1. The SMILES string of the molecule is N[C@@H](CCC(=O)O)C(=O)OC1CCCCC1. The van der Waals surface area contributed by atoms with Crippen LogP contribution in [0.15, 0.2) is 0 Å². The fraction of sp³-hybridized carbons (Fsp3) is 0.818. The second-order valence-electron chi connectivity index (χ2n) is 4.24. The summed E-state index contributed by atoms with van der Waals surface area (Å²) in [4.78, 5) is 21.8. The van der Waals surface area contributed by atoms with E-state index in [0.29, 0.717) is 0 Å². The number of carboxylic acid groups (broad SMARTS) is 1. The molecule has 1 fully saturated rings. The summed E-state index contributed by atoms with van der Waals surface area (Å²) in [7, 11) is 0. The molecule has 0 unspecified atom stereocenters. The van der Waals surface area contributed by atoms with Crippen molar-refractivity contribution in [1.82, 2.24) is 0 Å². The zero-order valence-corrected chi connectivity index (χ0v) is 9.35. The van der Waals surface area contributed by atoms with Gasteiger partial charge >= 0.3 is 11.9 Å². The van der Waals surface area contributed by atoms with Crippen molar-refractivity contribution in [3.8, 4) is 0 Å². The summed E-state index contributed by atoms with van der Waals surface area (Å²) in [6.45, 7) is 0. The number of rotatable bonds is 5. The molecule has 5 heteroatoms. The molecule has 0 aromatic carbocycles. The molecule has 1 aliphatic carbocycles. The summed E-state index contributed by atoms with van der Waals surface area (Å²) >= 11 is 0. The molecule has 0 saturated heterocycles.